The average molecular weight is 678 g/mol. The molecule has 9 aromatic rings. The van der Waals surface area contributed by atoms with Gasteiger partial charge in [-0.1, -0.05) is 97.1 Å². The van der Waals surface area contributed by atoms with Crippen LogP contribution in [0.2, 0.25) is 0 Å². The second-order valence-electron chi connectivity index (χ2n) is 12.1. The van der Waals surface area contributed by atoms with Crippen LogP contribution in [-0.4, -0.2) is 29.9 Å². The molecular formula is C40H20N8Zn. The molecule has 222 valence electrons. The summed E-state index contributed by atoms with van der Waals surface area (Å²) in [6, 6.07) is 41.1. The minimum absolute atomic E-state index is 0. The van der Waals surface area contributed by atoms with Crippen LogP contribution in [0.15, 0.2) is 121 Å². The normalized spacial score (nSPS) is 11.9. The second kappa shape index (κ2) is 10.4. The van der Waals surface area contributed by atoms with Crippen molar-refractivity contribution in [1.82, 2.24) is 39.9 Å². The van der Waals surface area contributed by atoms with Gasteiger partial charge in [0.1, 0.15) is 0 Å². The number of hydrogen-bond donors (Lipinski definition) is 0. The van der Waals surface area contributed by atoms with Gasteiger partial charge in [-0.25, -0.2) is 9.97 Å². The molecule has 0 radical (unpaired) electrons. The van der Waals surface area contributed by atoms with E-state index in [9.17, 15) is 0 Å². The van der Waals surface area contributed by atoms with E-state index in [2.05, 4.69) is 48.5 Å². The molecule has 8 nitrogen and oxygen atoms in total. The minimum atomic E-state index is 0. The van der Waals surface area contributed by atoms with Crippen molar-refractivity contribution in [3.63, 3.8) is 0 Å². The van der Waals surface area contributed by atoms with Gasteiger partial charge in [0.2, 0.25) is 0 Å². The van der Waals surface area contributed by atoms with E-state index in [1.54, 1.807) is 0 Å². The number of hydrogen-bond acceptors (Lipinski definition) is 6. The van der Waals surface area contributed by atoms with Crippen molar-refractivity contribution in [1.29, 1.82) is 0 Å². The summed E-state index contributed by atoms with van der Waals surface area (Å²) in [6.45, 7) is 0. The Morgan fingerprint density at radius 1 is 0.306 bits per heavy atom. The van der Waals surface area contributed by atoms with E-state index in [0.717, 1.165) is 54.6 Å². The topological polar surface area (TPSA) is 106 Å². The van der Waals surface area contributed by atoms with Crippen molar-refractivity contribution in [2.24, 2.45) is 0 Å². The maximum atomic E-state index is 5.12. The summed E-state index contributed by atoms with van der Waals surface area (Å²) in [5, 5.41) is 8.09. The molecule has 2 aliphatic heterocycles. The molecule has 9 heteroatoms. The van der Waals surface area contributed by atoms with E-state index in [1.165, 1.54) is 10.8 Å². The molecule has 0 unspecified atom stereocenters. The van der Waals surface area contributed by atoms with E-state index in [1.807, 2.05) is 72.8 Å². The van der Waals surface area contributed by atoms with Gasteiger partial charge in [0.15, 0.2) is 0 Å². The van der Waals surface area contributed by atoms with E-state index in [-0.39, 0.29) is 19.5 Å². The predicted molar refractivity (Wildman–Crippen MR) is 189 cm³/mol. The third kappa shape index (κ3) is 4.19. The molecule has 0 fully saturated rings. The van der Waals surface area contributed by atoms with Gasteiger partial charge in [-0.3, -0.25) is 0 Å². The van der Waals surface area contributed by atoms with Gasteiger partial charge < -0.3 is 29.9 Å². The van der Waals surface area contributed by atoms with Crippen molar-refractivity contribution in [3.05, 3.63) is 121 Å². The van der Waals surface area contributed by atoms with Crippen LogP contribution in [0.25, 0.3) is 111 Å². The van der Waals surface area contributed by atoms with Crippen LogP contribution in [0.1, 0.15) is 0 Å². The SMILES string of the molecule is [Zn+2].c1ccc2c(c1)-c1nc-2nc2[n-]c(nc3nc(nc4[n-]c(n1)c1ccccc41)-c1cc4cc5ccccc5cc4cc1-3)c1ccccc21. The summed E-state index contributed by atoms with van der Waals surface area (Å²) in [5.41, 5.74) is 5.73. The molecule has 2 aliphatic rings. The third-order valence-electron chi connectivity index (χ3n) is 9.24. The fraction of sp³-hybridized carbons (Fsp3) is 0. The monoisotopic (exact) mass is 676 g/mol. The van der Waals surface area contributed by atoms with E-state index < -0.39 is 0 Å². The van der Waals surface area contributed by atoms with Crippen LogP contribution in [-0.2, 0) is 19.5 Å². The van der Waals surface area contributed by atoms with Crippen molar-refractivity contribution < 1.29 is 19.5 Å². The van der Waals surface area contributed by atoms with Gasteiger partial charge in [-0.15, -0.1) is 0 Å². The Morgan fingerprint density at radius 2 is 0.633 bits per heavy atom. The molecule has 11 rings (SSSR count). The Kier molecular flexibility index (Phi) is 5.93. The smallest absolute Gasteiger partial charge is 0.357 e. The van der Waals surface area contributed by atoms with E-state index in [4.69, 9.17) is 39.9 Å². The summed E-state index contributed by atoms with van der Waals surface area (Å²) in [5.74, 6) is 2.18. The molecule has 0 aliphatic carbocycles. The predicted octanol–water partition coefficient (Wildman–Crippen LogP) is 8.43. The van der Waals surface area contributed by atoms with Crippen LogP contribution in [0.5, 0.6) is 0 Å². The van der Waals surface area contributed by atoms with Gasteiger partial charge in [-0.05, 0) is 67.4 Å². The van der Waals surface area contributed by atoms with Gasteiger partial charge >= 0.3 is 19.5 Å². The number of fused-ring (bicyclic) bond motifs is 22. The van der Waals surface area contributed by atoms with Crippen LogP contribution in [0, 0.1) is 0 Å². The van der Waals surface area contributed by atoms with Crippen LogP contribution in [0.4, 0.5) is 0 Å². The third-order valence-corrected chi connectivity index (χ3v) is 9.24. The molecule has 0 saturated heterocycles. The zero-order valence-electron chi connectivity index (χ0n) is 25.8. The zero-order chi connectivity index (χ0) is 31.3. The fourth-order valence-electron chi connectivity index (χ4n) is 6.95. The maximum Gasteiger partial charge on any atom is 2.00 e. The van der Waals surface area contributed by atoms with Crippen LogP contribution in [0.3, 0.4) is 0 Å². The van der Waals surface area contributed by atoms with Gasteiger partial charge in [0.25, 0.3) is 0 Å². The van der Waals surface area contributed by atoms with E-state index >= 15 is 0 Å². The molecule has 3 aromatic heterocycles. The van der Waals surface area contributed by atoms with E-state index in [0.29, 0.717) is 45.9 Å². The molecule has 5 heterocycles. The number of benzene rings is 6. The molecule has 8 bridgehead atoms. The summed E-state index contributed by atoms with van der Waals surface area (Å²) >= 11 is 0. The second-order valence-corrected chi connectivity index (χ2v) is 12.1. The first-order valence-electron chi connectivity index (χ1n) is 15.7. The molecule has 0 saturated carbocycles. The Balaban J connectivity index is 0.00000306. The van der Waals surface area contributed by atoms with Gasteiger partial charge in [0.05, 0.1) is 23.3 Å². The molecule has 0 spiro atoms. The Labute approximate surface area is 290 Å². The minimum Gasteiger partial charge on any atom is -0.357 e. The van der Waals surface area contributed by atoms with Gasteiger partial charge in [0, 0.05) is 44.8 Å². The van der Waals surface area contributed by atoms with Crippen LogP contribution >= 0.6 is 0 Å². The van der Waals surface area contributed by atoms with Crippen molar-refractivity contribution >= 4 is 65.7 Å². The quantitative estimate of drug-likeness (QED) is 0.116. The molecule has 0 amide bonds. The molecular weight excluding hydrogens is 658 g/mol. The number of rotatable bonds is 0. The summed E-state index contributed by atoms with van der Waals surface area (Å²) in [4.78, 5) is 40.2. The maximum absolute atomic E-state index is 5.12. The summed E-state index contributed by atoms with van der Waals surface area (Å²) in [7, 11) is 0. The molecule has 0 N–H and O–H groups in total. The van der Waals surface area contributed by atoms with Gasteiger partial charge in [-0.2, -0.15) is 0 Å². The molecule has 6 aromatic carbocycles. The number of nitrogens with zero attached hydrogens (tertiary/aromatic N) is 8. The standard InChI is InChI=1S/C40H20N8.Zn/c1-2-10-22-18-24-20-32-31(19-23(24)17-21(22)9-1)39-46-37-29-15-7-5-13-27(29)35(44-37)42-33-25-11-3-4-12-26(25)34(41-33)43-36-28-14-6-8-16-30(28)38(45-36)47-40(32)48-39;/h1-20H;/q-2;+2. The van der Waals surface area contributed by atoms with Crippen molar-refractivity contribution in [3.8, 4) is 45.6 Å². The first-order chi connectivity index (χ1) is 23.7. The Hall–Kier alpha value is -6.18. The summed E-state index contributed by atoms with van der Waals surface area (Å²) in [6.07, 6.45) is 0. The first kappa shape index (κ1) is 27.9. The van der Waals surface area contributed by atoms with Crippen molar-refractivity contribution in [2.75, 3.05) is 0 Å². The first-order valence-corrected chi connectivity index (χ1v) is 15.7. The largest absolute Gasteiger partial charge is 2.00 e. The zero-order valence-corrected chi connectivity index (χ0v) is 28.8. The Morgan fingerprint density at radius 3 is 1.02 bits per heavy atom. The molecule has 49 heavy (non-hydrogen) atoms. The summed E-state index contributed by atoms with van der Waals surface area (Å²) < 4.78 is 0. The van der Waals surface area contributed by atoms with Crippen molar-refractivity contribution in [2.45, 2.75) is 0 Å². The molecule has 0 atom stereocenters. The Bertz CT molecular complexity index is 2840. The fourth-order valence-corrected chi connectivity index (χ4v) is 6.95. The van der Waals surface area contributed by atoms with Crippen LogP contribution < -0.4 is 9.97 Å². The number of aromatic nitrogens is 8. The average Bonchev–Trinajstić information content (AvgIpc) is 3.85.